The Morgan fingerprint density at radius 2 is 1.87 bits per heavy atom. The quantitative estimate of drug-likeness (QED) is 0.641. The molecule has 0 rings (SSSR count). The van der Waals surface area contributed by atoms with Crippen molar-refractivity contribution in [1.82, 2.24) is 9.62 Å². The Labute approximate surface area is 94.1 Å². The molecule has 0 aliphatic carbocycles. The molecule has 0 aliphatic heterocycles. The molecule has 0 aromatic carbocycles. The second-order valence-corrected chi connectivity index (χ2v) is 6.34. The Kier molecular flexibility index (Phi) is 7.13. The van der Waals surface area contributed by atoms with Crippen LogP contribution in [0.1, 0.15) is 33.6 Å². The second kappa shape index (κ2) is 7.19. The van der Waals surface area contributed by atoms with Gasteiger partial charge in [0.1, 0.15) is 0 Å². The lowest BCUT2D eigenvalue weighted by molar-refractivity contribution is 0.455. The minimum absolute atomic E-state index is 0.347. The van der Waals surface area contributed by atoms with E-state index < -0.39 is 10.0 Å². The summed E-state index contributed by atoms with van der Waals surface area (Å²) in [5.74, 6) is 0. The van der Waals surface area contributed by atoms with E-state index in [4.69, 9.17) is 0 Å². The van der Waals surface area contributed by atoms with E-state index in [1.54, 1.807) is 14.0 Å². The molecular weight excluding hydrogens is 212 g/mol. The normalized spacial score (nSPS) is 14.5. The fourth-order valence-electron chi connectivity index (χ4n) is 1.34. The van der Waals surface area contributed by atoms with E-state index in [-0.39, 0.29) is 5.25 Å². The zero-order valence-electron chi connectivity index (χ0n) is 10.3. The highest BCUT2D eigenvalue weighted by atomic mass is 32.2. The summed E-state index contributed by atoms with van der Waals surface area (Å²) >= 11 is 0. The Morgan fingerprint density at radius 3 is 2.33 bits per heavy atom. The maximum atomic E-state index is 11.9. The fraction of sp³-hybridized carbons (Fsp3) is 1.00. The highest BCUT2D eigenvalue weighted by Crippen LogP contribution is 2.06. The average Bonchev–Trinajstić information content (AvgIpc) is 2.18. The molecule has 0 spiro atoms. The largest absolute Gasteiger partial charge is 0.315 e. The predicted octanol–water partition coefficient (Wildman–Crippen LogP) is 1.05. The van der Waals surface area contributed by atoms with Crippen LogP contribution in [0.5, 0.6) is 0 Å². The van der Waals surface area contributed by atoms with Crippen molar-refractivity contribution < 1.29 is 8.42 Å². The molecule has 0 saturated heterocycles. The summed E-state index contributed by atoms with van der Waals surface area (Å²) in [7, 11) is -1.46. The van der Waals surface area contributed by atoms with Gasteiger partial charge >= 0.3 is 0 Å². The van der Waals surface area contributed by atoms with E-state index in [2.05, 4.69) is 12.2 Å². The molecule has 4 nitrogen and oxygen atoms in total. The van der Waals surface area contributed by atoms with Gasteiger partial charge in [0.2, 0.25) is 10.0 Å². The van der Waals surface area contributed by atoms with Gasteiger partial charge in [-0.2, -0.15) is 0 Å². The summed E-state index contributed by atoms with van der Waals surface area (Å²) in [6, 6.07) is 0. The zero-order chi connectivity index (χ0) is 11.9. The SMILES string of the molecule is CCCNCC(C)S(=O)(=O)N(C)CCC. The van der Waals surface area contributed by atoms with Crippen molar-refractivity contribution in [3.63, 3.8) is 0 Å². The number of nitrogens with zero attached hydrogens (tertiary/aromatic N) is 1. The molecule has 0 aliphatic rings. The van der Waals surface area contributed by atoms with Gasteiger partial charge in [-0.15, -0.1) is 0 Å². The van der Waals surface area contributed by atoms with Crippen molar-refractivity contribution in [2.75, 3.05) is 26.7 Å². The van der Waals surface area contributed by atoms with Crippen LogP contribution in [-0.2, 0) is 10.0 Å². The lowest BCUT2D eigenvalue weighted by Gasteiger charge is -2.21. The van der Waals surface area contributed by atoms with Gasteiger partial charge in [-0.1, -0.05) is 13.8 Å². The molecule has 92 valence electrons. The molecule has 1 unspecified atom stereocenters. The van der Waals surface area contributed by atoms with Gasteiger partial charge in [0, 0.05) is 20.1 Å². The topological polar surface area (TPSA) is 49.4 Å². The second-order valence-electron chi connectivity index (χ2n) is 3.88. The minimum atomic E-state index is -3.11. The number of hydrogen-bond acceptors (Lipinski definition) is 3. The van der Waals surface area contributed by atoms with Gasteiger partial charge in [0.15, 0.2) is 0 Å². The molecule has 0 radical (unpaired) electrons. The van der Waals surface area contributed by atoms with Crippen LogP contribution in [0.4, 0.5) is 0 Å². The molecule has 1 atom stereocenters. The number of nitrogens with one attached hydrogen (secondary N) is 1. The molecule has 5 heteroatoms. The van der Waals surface area contributed by atoms with Crippen molar-refractivity contribution in [3.05, 3.63) is 0 Å². The van der Waals surface area contributed by atoms with E-state index in [1.807, 2.05) is 6.92 Å². The Balaban J connectivity index is 4.19. The Bertz CT molecular complexity index is 252. The maximum Gasteiger partial charge on any atom is 0.217 e. The predicted molar refractivity (Wildman–Crippen MR) is 64.5 cm³/mol. The monoisotopic (exact) mass is 236 g/mol. The molecular formula is C10H24N2O2S. The summed E-state index contributed by atoms with van der Waals surface area (Å²) in [5, 5.41) is 2.79. The van der Waals surface area contributed by atoms with E-state index in [0.717, 1.165) is 19.4 Å². The van der Waals surface area contributed by atoms with Gasteiger partial charge < -0.3 is 5.32 Å². The molecule has 0 heterocycles. The summed E-state index contributed by atoms with van der Waals surface area (Å²) in [6.07, 6.45) is 1.88. The maximum absolute atomic E-state index is 11.9. The first-order valence-corrected chi connectivity index (χ1v) is 7.13. The van der Waals surface area contributed by atoms with Crippen molar-refractivity contribution in [1.29, 1.82) is 0 Å². The van der Waals surface area contributed by atoms with Crippen LogP contribution in [0.2, 0.25) is 0 Å². The standard InChI is InChI=1S/C10H24N2O2S/c1-5-7-11-9-10(3)15(13,14)12(4)8-6-2/h10-11H,5-9H2,1-4H3. The molecule has 0 amide bonds. The number of sulfonamides is 1. The smallest absolute Gasteiger partial charge is 0.217 e. The van der Waals surface area contributed by atoms with E-state index in [0.29, 0.717) is 13.1 Å². The lowest BCUT2D eigenvalue weighted by atomic mass is 10.4. The average molecular weight is 236 g/mol. The first kappa shape index (κ1) is 14.9. The van der Waals surface area contributed by atoms with Crippen molar-refractivity contribution in [3.8, 4) is 0 Å². The summed E-state index contributed by atoms with van der Waals surface area (Å²) in [6.45, 7) is 7.80. The third kappa shape index (κ3) is 4.95. The summed E-state index contributed by atoms with van der Waals surface area (Å²) in [4.78, 5) is 0. The van der Waals surface area contributed by atoms with Crippen LogP contribution in [0.3, 0.4) is 0 Å². The highest BCUT2D eigenvalue weighted by Gasteiger charge is 2.24. The molecule has 0 fully saturated rings. The molecule has 0 aromatic heterocycles. The van der Waals surface area contributed by atoms with Gasteiger partial charge in [0.25, 0.3) is 0 Å². The molecule has 1 N–H and O–H groups in total. The molecule has 15 heavy (non-hydrogen) atoms. The van der Waals surface area contributed by atoms with E-state index in [1.165, 1.54) is 4.31 Å². The van der Waals surface area contributed by atoms with Gasteiger partial charge in [-0.3, -0.25) is 0 Å². The Hall–Kier alpha value is -0.130. The van der Waals surface area contributed by atoms with Gasteiger partial charge in [0.05, 0.1) is 5.25 Å². The third-order valence-electron chi connectivity index (χ3n) is 2.34. The van der Waals surface area contributed by atoms with Crippen LogP contribution in [0, 0.1) is 0 Å². The van der Waals surface area contributed by atoms with Crippen LogP contribution >= 0.6 is 0 Å². The van der Waals surface area contributed by atoms with E-state index in [9.17, 15) is 8.42 Å². The lowest BCUT2D eigenvalue weighted by Crippen LogP contribution is -2.40. The fourth-order valence-corrected chi connectivity index (χ4v) is 2.72. The van der Waals surface area contributed by atoms with Crippen molar-refractivity contribution >= 4 is 10.0 Å². The third-order valence-corrected chi connectivity index (χ3v) is 4.58. The van der Waals surface area contributed by atoms with Crippen LogP contribution < -0.4 is 5.32 Å². The first-order valence-electron chi connectivity index (χ1n) is 5.62. The first-order chi connectivity index (χ1) is 6.96. The summed E-state index contributed by atoms with van der Waals surface area (Å²) < 4.78 is 25.3. The minimum Gasteiger partial charge on any atom is -0.315 e. The van der Waals surface area contributed by atoms with E-state index >= 15 is 0 Å². The molecule has 0 saturated carbocycles. The molecule has 0 bridgehead atoms. The zero-order valence-corrected chi connectivity index (χ0v) is 11.1. The van der Waals surface area contributed by atoms with Crippen LogP contribution in [0.25, 0.3) is 0 Å². The Morgan fingerprint density at radius 1 is 1.27 bits per heavy atom. The van der Waals surface area contributed by atoms with Crippen molar-refractivity contribution in [2.45, 2.75) is 38.9 Å². The van der Waals surface area contributed by atoms with Gasteiger partial charge in [-0.05, 0) is 26.3 Å². The molecule has 0 aromatic rings. The summed E-state index contributed by atoms with van der Waals surface area (Å²) in [5.41, 5.74) is 0. The number of hydrogen-bond donors (Lipinski definition) is 1. The van der Waals surface area contributed by atoms with Crippen molar-refractivity contribution in [2.24, 2.45) is 0 Å². The van der Waals surface area contributed by atoms with Crippen LogP contribution in [0.15, 0.2) is 0 Å². The van der Waals surface area contributed by atoms with Gasteiger partial charge in [-0.25, -0.2) is 12.7 Å². The highest BCUT2D eigenvalue weighted by molar-refractivity contribution is 7.89. The number of rotatable bonds is 8. The van der Waals surface area contributed by atoms with Crippen LogP contribution in [-0.4, -0.2) is 44.7 Å².